The van der Waals surface area contributed by atoms with Gasteiger partial charge in [0, 0.05) is 16.7 Å². The Morgan fingerprint density at radius 2 is 2.05 bits per heavy atom. The summed E-state index contributed by atoms with van der Waals surface area (Å²) >= 11 is 3.40. The van der Waals surface area contributed by atoms with Crippen LogP contribution in [0.25, 0.3) is 0 Å². The second kappa shape index (κ2) is 7.89. The second-order valence-corrected chi connectivity index (χ2v) is 5.91. The van der Waals surface area contributed by atoms with Crippen molar-refractivity contribution in [2.75, 3.05) is 17.2 Å². The molecule has 2 N–H and O–H groups in total. The average molecular weight is 363 g/mol. The minimum absolute atomic E-state index is 0.266. The smallest absolute Gasteiger partial charge is 0.276 e. The SMILES string of the molecule is CCCCNc1ccc(C(=O)Nc2ccc(Br)cc2C)nn1. The molecule has 5 nitrogen and oxygen atoms in total. The lowest BCUT2D eigenvalue weighted by atomic mass is 10.2. The Labute approximate surface area is 138 Å². The summed E-state index contributed by atoms with van der Waals surface area (Å²) in [7, 11) is 0. The van der Waals surface area contributed by atoms with Crippen LogP contribution in [0.5, 0.6) is 0 Å². The highest BCUT2D eigenvalue weighted by molar-refractivity contribution is 9.10. The molecule has 2 rings (SSSR count). The second-order valence-electron chi connectivity index (χ2n) is 5.00. The molecular formula is C16H19BrN4O. The Kier molecular flexibility index (Phi) is 5.89. The largest absolute Gasteiger partial charge is 0.369 e. The molecule has 0 unspecified atom stereocenters. The van der Waals surface area contributed by atoms with E-state index in [1.54, 1.807) is 12.1 Å². The van der Waals surface area contributed by atoms with Crippen molar-refractivity contribution in [3.63, 3.8) is 0 Å². The van der Waals surface area contributed by atoms with Crippen molar-refractivity contribution in [2.45, 2.75) is 26.7 Å². The number of amides is 1. The molecule has 0 atom stereocenters. The number of halogens is 1. The molecule has 1 aromatic carbocycles. The van der Waals surface area contributed by atoms with Gasteiger partial charge in [0.25, 0.3) is 5.91 Å². The number of aromatic nitrogens is 2. The molecule has 0 saturated carbocycles. The molecule has 0 fully saturated rings. The van der Waals surface area contributed by atoms with Gasteiger partial charge in [-0.1, -0.05) is 29.3 Å². The van der Waals surface area contributed by atoms with Crippen LogP contribution in [0.2, 0.25) is 0 Å². The minimum Gasteiger partial charge on any atom is -0.369 e. The van der Waals surface area contributed by atoms with E-state index in [0.29, 0.717) is 11.5 Å². The molecule has 0 aliphatic rings. The fourth-order valence-electron chi connectivity index (χ4n) is 1.89. The Bertz CT molecular complexity index is 643. The zero-order valence-electron chi connectivity index (χ0n) is 12.7. The monoisotopic (exact) mass is 362 g/mol. The summed E-state index contributed by atoms with van der Waals surface area (Å²) in [4.78, 5) is 12.2. The number of hydrogen-bond donors (Lipinski definition) is 2. The van der Waals surface area contributed by atoms with Crippen molar-refractivity contribution in [1.29, 1.82) is 0 Å². The number of nitrogens with zero attached hydrogens (tertiary/aromatic N) is 2. The summed E-state index contributed by atoms with van der Waals surface area (Å²) in [6, 6.07) is 9.12. The van der Waals surface area contributed by atoms with Crippen LogP contribution in [0.1, 0.15) is 35.8 Å². The number of benzene rings is 1. The molecule has 1 aromatic heterocycles. The van der Waals surface area contributed by atoms with E-state index >= 15 is 0 Å². The number of nitrogens with one attached hydrogen (secondary N) is 2. The maximum absolute atomic E-state index is 12.2. The molecule has 0 spiro atoms. The van der Waals surface area contributed by atoms with Crippen LogP contribution >= 0.6 is 15.9 Å². The first kappa shape index (κ1) is 16.4. The molecule has 2 aromatic rings. The van der Waals surface area contributed by atoms with Crippen LogP contribution in [0, 0.1) is 6.92 Å². The van der Waals surface area contributed by atoms with Gasteiger partial charge in [-0.15, -0.1) is 10.2 Å². The zero-order valence-corrected chi connectivity index (χ0v) is 14.3. The third-order valence-electron chi connectivity index (χ3n) is 3.17. The zero-order chi connectivity index (χ0) is 15.9. The van der Waals surface area contributed by atoms with Crippen LogP contribution in [-0.2, 0) is 0 Å². The molecule has 0 aliphatic heterocycles. The van der Waals surface area contributed by atoms with Gasteiger partial charge in [0.2, 0.25) is 0 Å². The third-order valence-corrected chi connectivity index (χ3v) is 3.66. The molecule has 1 heterocycles. The van der Waals surface area contributed by atoms with Crippen LogP contribution in [0.3, 0.4) is 0 Å². The Morgan fingerprint density at radius 3 is 2.68 bits per heavy atom. The van der Waals surface area contributed by atoms with Crippen LogP contribution in [0.15, 0.2) is 34.8 Å². The molecular weight excluding hydrogens is 344 g/mol. The first-order valence-electron chi connectivity index (χ1n) is 7.25. The van der Waals surface area contributed by atoms with Crippen molar-refractivity contribution >= 4 is 33.3 Å². The standard InChI is InChI=1S/C16H19BrN4O/c1-3-4-9-18-15-8-7-14(20-21-15)16(22)19-13-6-5-12(17)10-11(13)2/h5-8,10H,3-4,9H2,1-2H3,(H,18,21)(H,19,22). The van der Waals surface area contributed by atoms with E-state index in [4.69, 9.17) is 0 Å². The first-order chi connectivity index (χ1) is 10.6. The lowest BCUT2D eigenvalue weighted by Crippen LogP contribution is -2.15. The number of hydrogen-bond acceptors (Lipinski definition) is 4. The van der Waals surface area contributed by atoms with Gasteiger partial charge in [-0.2, -0.15) is 0 Å². The van der Waals surface area contributed by atoms with Gasteiger partial charge in [-0.05, 0) is 49.2 Å². The lowest BCUT2D eigenvalue weighted by molar-refractivity contribution is 0.102. The highest BCUT2D eigenvalue weighted by atomic mass is 79.9. The fraction of sp³-hybridized carbons (Fsp3) is 0.312. The fourth-order valence-corrected chi connectivity index (χ4v) is 2.37. The number of aryl methyl sites for hydroxylation is 1. The number of anilines is 2. The van der Waals surface area contributed by atoms with E-state index < -0.39 is 0 Å². The van der Waals surface area contributed by atoms with Gasteiger partial charge < -0.3 is 10.6 Å². The highest BCUT2D eigenvalue weighted by Crippen LogP contribution is 2.20. The van der Waals surface area contributed by atoms with Crippen molar-refractivity contribution in [3.05, 3.63) is 46.1 Å². The normalized spacial score (nSPS) is 10.3. The van der Waals surface area contributed by atoms with Gasteiger partial charge in [-0.3, -0.25) is 4.79 Å². The van der Waals surface area contributed by atoms with Gasteiger partial charge >= 0.3 is 0 Å². The van der Waals surface area contributed by atoms with E-state index in [2.05, 4.69) is 43.7 Å². The van der Waals surface area contributed by atoms with Crippen molar-refractivity contribution in [3.8, 4) is 0 Å². The van der Waals surface area contributed by atoms with Gasteiger partial charge in [-0.25, -0.2) is 0 Å². The van der Waals surface area contributed by atoms with E-state index in [-0.39, 0.29) is 5.91 Å². The summed E-state index contributed by atoms with van der Waals surface area (Å²) < 4.78 is 0.977. The van der Waals surface area contributed by atoms with Gasteiger partial charge in [0.05, 0.1) is 0 Å². The quantitative estimate of drug-likeness (QED) is 0.761. The number of unbranched alkanes of at least 4 members (excludes halogenated alkanes) is 1. The first-order valence-corrected chi connectivity index (χ1v) is 8.04. The minimum atomic E-state index is -0.266. The maximum Gasteiger partial charge on any atom is 0.276 e. The highest BCUT2D eigenvalue weighted by Gasteiger charge is 2.10. The van der Waals surface area contributed by atoms with Crippen LogP contribution in [0.4, 0.5) is 11.5 Å². The van der Waals surface area contributed by atoms with E-state index in [0.717, 1.165) is 35.1 Å². The van der Waals surface area contributed by atoms with Gasteiger partial charge in [0.1, 0.15) is 5.82 Å². The lowest BCUT2D eigenvalue weighted by Gasteiger charge is -2.08. The molecule has 6 heteroatoms. The summed E-state index contributed by atoms with van der Waals surface area (Å²) in [6.07, 6.45) is 2.19. The Hall–Kier alpha value is -1.95. The van der Waals surface area contributed by atoms with Gasteiger partial charge in [0.15, 0.2) is 5.69 Å². The summed E-state index contributed by atoms with van der Waals surface area (Å²) in [5.41, 5.74) is 2.04. The maximum atomic E-state index is 12.2. The Balaban J connectivity index is 2.00. The summed E-state index contributed by atoms with van der Waals surface area (Å²) in [5.74, 6) is 0.419. The van der Waals surface area contributed by atoms with Crippen molar-refractivity contribution < 1.29 is 4.79 Å². The predicted octanol–water partition coefficient (Wildman–Crippen LogP) is 4.01. The average Bonchev–Trinajstić information content (AvgIpc) is 2.51. The molecule has 1 amide bonds. The van der Waals surface area contributed by atoms with Crippen molar-refractivity contribution in [1.82, 2.24) is 10.2 Å². The molecule has 0 radical (unpaired) electrons. The molecule has 0 aliphatic carbocycles. The number of carbonyl (C=O) groups excluding carboxylic acids is 1. The summed E-state index contributed by atoms with van der Waals surface area (Å²) in [5, 5.41) is 14.0. The third kappa shape index (κ3) is 4.53. The molecule has 0 bridgehead atoms. The van der Waals surface area contributed by atoms with E-state index in [9.17, 15) is 4.79 Å². The topological polar surface area (TPSA) is 66.9 Å². The number of carbonyl (C=O) groups is 1. The molecule has 22 heavy (non-hydrogen) atoms. The van der Waals surface area contributed by atoms with E-state index in [1.807, 2.05) is 25.1 Å². The van der Waals surface area contributed by atoms with E-state index in [1.165, 1.54) is 0 Å². The Morgan fingerprint density at radius 1 is 1.23 bits per heavy atom. The van der Waals surface area contributed by atoms with Crippen LogP contribution in [-0.4, -0.2) is 22.6 Å². The predicted molar refractivity (Wildman–Crippen MR) is 92.3 cm³/mol. The number of rotatable bonds is 6. The molecule has 116 valence electrons. The summed E-state index contributed by atoms with van der Waals surface area (Å²) in [6.45, 7) is 4.92. The van der Waals surface area contributed by atoms with Crippen molar-refractivity contribution in [2.24, 2.45) is 0 Å². The molecule has 0 saturated heterocycles. The van der Waals surface area contributed by atoms with Crippen LogP contribution < -0.4 is 10.6 Å².